The molecule has 0 fully saturated rings. The molecule has 0 aliphatic heterocycles. The topological polar surface area (TPSA) is 78.4 Å². The van der Waals surface area contributed by atoms with E-state index in [-0.39, 0.29) is 24.5 Å². The van der Waals surface area contributed by atoms with Crippen LogP contribution in [0.1, 0.15) is 53.0 Å². The van der Waals surface area contributed by atoms with E-state index in [1.807, 2.05) is 12.1 Å². The molecule has 2 aromatic rings. The van der Waals surface area contributed by atoms with Gasteiger partial charge in [-0.1, -0.05) is 26.0 Å². The Labute approximate surface area is 145 Å². The molecule has 24 heavy (non-hydrogen) atoms. The maximum atomic E-state index is 12.4. The lowest BCUT2D eigenvalue weighted by Crippen LogP contribution is -2.35. The van der Waals surface area contributed by atoms with Gasteiger partial charge < -0.3 is 15.7 Å². The predicted molar refractivity (Wildman–Crippen MR) is 96.8 cm³/mol. The van der Waals surface area contributed by atoms with Gasteiger partial charge in [-0.05, 0) is 42.0 Å². The van der Waals surface area contributed by atoms with Crippen molar-refractivity contribution < 1.29 is 14.7 Å². The second-order valence-electron chi connectivity index (χ2n) is 5.95. The zero-order chi connectivity index (χ0) is 17.7. The number of nitrogens with one attached hydrogen (secondary N) is 2. The third-order valence-electron chi connectivity index (χ3n) is 3.63. The van der Waals surface area contributed by atoms with Crippen LogP contribution in [0.2, 0.25) is 0 Å². The molecule has 1 unspecified atom stereocenters. The first-order valence-corrected chi connectivity index (χ1v) is 8.70. The van der Waals surface area contributed by atoms with Crippen molar-refractivity contribution in [3.05, 3.63) is 52.4 Å². The highest BCUT2D eigenvalue weighted by Crippen LogP contribution is 2.24. The van der Waals surface area contributed by atoms with Crippen LogP contribution >= 0.6 is 11.3 Å². The molecule has 0 aliphatic carbocycles. The van der Waals surface area contributed by atoms with E-state index in [0.29, 0.717) is 22.0 Å². The largest absolute Gasteiger partial charge is 0.394 e. The number of rotatable bonds is 6. The number of carbonyl (C=O) groups excluding carboxylic acids is 2. The van der Waals surface area contributed by atoms with Crippen molar-refractivity contribution in [1.82, 2.24) is 5.32 Å². The second kappa shape index (κ2) is 8.08. The summed E-state index contributed by atoms with van der Waals surface area (Å²) in [5.41, 5.74) is 2.11. The number of aliphatic hydroxyl groups excluding tert-OH is 1. The molecule has 0 radical (unpaired) electrons. The highest BCUT2D eigenvalue weighted by atomic mass is 32.1. The van der Waals surface area contributed by atoms with Gasteiger partial charge in [-0.25, -0.2) is 0 Å². The SMILES string of the molecule is CC(CO)NC(=O)c1ccsc1NC(=O)c1ccc(C(C)C)cc1. The predicted octanol–water partition coefficient (Wildman–Crippen LogP) is 3.23. The second-order valence-corrected chi connectivity index (χ2v) is 6.87. The molecule has 1 aromatic carbocycles. The highest BCUT2D eigenvalue weighted by molar-refractivity contribution is 7.14. The van der Waals surface area contributed by atoms with E-state index in [9.17, 15) is 9.59 Å². The number of hydrogen-bond acceptors (Lipinski definition) is 4. The lowest BCUT2D eigenvalue weighted by atomic mass is 10.0. The van der Waals surface area contributed by atoms with E-state index in [1.54, 1.807) is 30.5 Å². The van der Waals surface area contributed by atoms with Gasteiger partial charge in [0.2, 0.25) is 0 Å². The van der Waals surface area contributed by atoms with Gasteiger partial charge in [0.1, 0.15) is 5.00 Å². The Morgan fingerprint density at radius 3 is 2.33 bits per heavy atom. The van der Waals surface area contributed by atoms with Crippen LogP contribution in [0.25, 0.3) is 0 Å². The fourth-order valence-electron chi connectivity index (χ4n) is 2.13. The molecule has 0 aliphatic rings. The molecular weight excluding hydrogens is 324 g/mol. The maximum Gasteiger partial charge on any atom is 0.256 e. The standard InChI is InChI=1S/C18H22N2O3S/c1-11(2)13-4-6-14(7-5-13)16(22)20-18-15(8-9-24-18)17(23)19-12(3)10-21/h4-9,11-12,21H,10H2,1-3H3,(H,19,23)(H,20,22). The summed E-state index contributed by atoms with van der Waals surface area (Å²) in [7, 11) is 0. The Hall–Kier alpha value is -2.18. The molecule has 1 aromatic heterocycles. The third-order valence-corrected chi connectivity index (χ3v) is 4.46. The molecule has 2 amide bonds. The minimum Gasteiger partial charge on any atom is -0.394 e. The van der Waals surface area contributed by atoms with Crippen LogP contribution < -0.4 is 10.6 Å². The van der Waals surface area contributed by atoms with Gasteiger partial charge in [-0.2, -0.15) is 0 Å². The summed E-state index contributed by atoms with van der Waals surface area (Å²) in [6, 6.07) is 8.75. The summed E-state index contributed by atoms with van der Waals surface area (Å²) >= 11 is 1.29. The number of thiophene rings is 1. The number of carbonyl (C=O) groups is 2. The van der Waals surface area contributed by atoms with E-state index in [2.05, 4.69) is 24.5 Å². The van der Waals surface area contributed by atoms with Gasteiger partial charge in [0.25, 0.3) is 11.8 Å². The molecule has 1 heterocycles. The molecule has 0 spiro atoms. The van der Waals surface area contributed by atoms with Crippen molar-refractivity contribution in [3.63, 3.8) is 0 Å². The Kier molecular flexibility index (Phi) is 6.11. The number of amides is 2. The highest BCUT2D eigenvalue weighted by Gasteiger charge is 2.17. The summed E-state index contributed by atoms with van der Waals surface area (Å²) in [4.78, 5) is 24.5. The first-order valence-electron chi connectivity index (χ1n) is 7.83. The van der Waals surface area contributed by atoms with Gasteiger partial charge in [-0.15, -0.1) is 11.3 Å². The Morgan fingerprint density at radius 1 is 1.08 bits per heavy atom. The molecule has 5 nitrogen and oxygen atoms in total. The molecule has 3 N–H and O–H groups in total. The quantitative estimate of drug-likeness (QED) is 0.751. The molecule has 6 heteroatoms. The first kappa shape index (κ1) is 18.2. The molecule has 0 saturated heterocycles. The fraction of sp³-hybridized carbons (Fsp3) is 0.333. The first-order chi connectivity index (χ1) is 11.4. The zero-order valence-electron chi connectivity index (χ0n) is 14.0. The number of anilines is 1. The Balaban J connectivity index is 2.10. The van der Waals surface area contributed by atoms with Crippen molar-refractivity contribution in [1.29, 1.82) is 0 Å². The average Bonchev–Trinajstić information content (AvgIpc) is 3.02. The van der Waals surface area contributed by atoms with E-state index < -0.39 is 0 Å². The lowest BCUT2D eigenvalue weighted by molar-refractivity contribution is 0.0923. The van der Waals surface area contributed by atoms with Gasteiger partial charge >= 0.3 is 0 Å². The van der Waals surface area contributed by atoms with Crippen molar-refractivity contribution in [3.8, 4) is 0 Å². The van der Waals surface area contributed by atoms with Crippen LogP contribution in [0.15, 0.2) is 35.7 Å². The van der Waals surface area contributed by atoms with Crippen LogP contribution in [0.3, 0.4) is 0 Å². The molecule has 128 valence electrons. The van der Waals surface area contributed by atoms with E-state index in [1.165, 1.54) is 16.9 Å². The normalized spacial score (nSPS) is 12.0. The number of aliphatic hydroxyl groups is 1. The molecule has 0 bridgehead atoms. The van der Waals surface area contributed by atoms with E-state index in [0.717, 1.165) is 0 Å². The maximum absolute atomic E-state index is 12.4. The Bertz CT molecular complexity index is 707. The van der Waals surface area contributed by atoms with Gasteiger partial charge in [0.05, 0.1) is 12.2 Å². The summed E-state index contributed by atoms with van der Waals surface area (Å²) in [5.74, 6) is -0.163. The monoisotopic (exact) mass is 346 g/mol. The Morgan fingerprint density at radius 2 is 1.75 bits per heavy atom. The summed E-state index contributed by atoms with van der Waals surface area (Å²) < 4.78 is 0. The summed E-state index contributed by atoms with van der Waals surface area (Å²) in [6.45, 7) is 5.76. The van der Waals surface area contributed by atoms with Crippen LogP contribution in [0.4, 0.5) is 5.00 Å². The van der Waals surface area contributed by atoms with Crippen molar-refractivity contribution in [2.24, 2.45) is 0 Å². The smallest absolute Gasteiger partial charge is 0.256 e. The minimum absolute atomic E-state index is 0.139. The number of benzene rings is 1. The van der Waals surface area contributed by atoms with Crippen LogP contribution in [0, 0.1) is 0 Å². The van der Waals surface area contributed by atoms with Crippen LogP contribution in [-0.2, 0) is 0 Å². The number of hydrogen-bond donors (Lipinski definition) is 3. The van der Waals surface area contributed by atoms with Gasteiger partial charge in [-0.3, -0.25) is 9.59 Å². The fourth-order valence-corrected chi connectivity index (χ4v) is 2.91. The van der Waals surface area contributed by atoms with E-state index in [4.69, 9.17) is 5.11 Å². The van der Waals surface area contributed by atoms with E-state index >= 15 is 0 Å². The summed E-state index contributed by atoms with van der Waals surface area (Å²) in [6.07, 6.45) is 0. The lowest BCUT2D eigenvalue weighted by Gasteiger charge is -2.12. The summed E-state index contributed by atoms with van der Waals surface area (Å²) in [5, 5.41) is 16.7. The van der Waals surface area contributed by atoms with Crippen molar-refractivity contribution in [2.75, 3.05) is 11.9 Å². The third kappa shape index (κ3) is 4.43. The van der Waals surface area contributed by atoms with Crippen LogP contribution in [0.5, 0.6) is 0 Å². The molecule has 1 atom stereocenters. The van der Waals surface area contributed by atoms with Crippen molar-refractivity contribution in [2.45, 2.75) is 32.7 Å². The average molecular weight is 346 g/mol. The van der Waals surface area contributed by atoms with Crippen LogP contribution in [-0.4, -0.2) is 29.6 Å². The minimum atomic E-state index is -0.343. The molecule has 0 saturated carbocycles. The molecule has 2 rings (SSSR count). The zero-order valence-corrected chi connectivity index (χ0v) is 14.8. The van der Waals surface area contributed by atoms with Crippen molar-refractivity contribution >= 4 is 28.2 Å². The van der Waals surface area contributed by atoms with Gasteiger partial charge in [0, 0.05) is 11.6 Å². The molecular formula is C18H22N2O3S. The van der Waals surface area contributed by atoms with Gasteiger partial charge in [0.15, 0.2) is 0 Å².